The molecule has 0 radical (unpaired) electrons. The number of rotatable bonds is 4. The zero-order valence-corrected chi connectivity index (χ0v) is 12.6. The van der Waals surface area contributed by atoms with Crippen molar-refractivity contribution in [1.82, 2.24) is 0 Å². The largest absolute Gasteiger partial charge is 0.493 e. The van der Waals surface area contributed by atoms with Crippen molar-refractivity contribution >= 4 is 17.4 Å². The van der Waals surface area contributed by atoms with Gasteiger partial charge in [-0.05, 0) is 42.8 Å². The lowest BCUT2D eigenvalue weighted by molar-refractivity contribution is 0.262. The number of ether oxygens (including phenoxy) is 2. The highest BCUT2D eigenvalue weighted by atomic mass is 19.1. The third-order valence-electron chi connectivity index (χ3n) is 3.08. The first-order valence-electron chi connectivity index (χ1n) is 6.59. The molecule has 0 spiro atoms. The Morgan fingerprint density at radius 1 is 1.00 bits per heavy atom. The zero-order valence-electron chi connectivity index (χ0n) is 12.6. The van der Waals surface area contributed by atoms with Gasteiger partial charge >= 0.3 is 6.03 Å². The molecule has 0 aliphatic carbocycles. The van der Waals surface area contributed by atoms with Gasteiger partial charge in [-0.1, -0.05) is 0 Å². The van der Waals surface area contributed by atoms with Crippen molar-refractivity contribution in [3.63, 3.8) is 0 Å². The molecule has 2 N–H and O–H groups in total. The smallest absolute Gasteiger partial charge is 0.323 e. The van der Waals surface area contributed by atoms with Crippen molar-refractivity contribution < 1.29 is 18.7 Å². The van der Waals surface area contributed by atoms with Crippen molar-refractivity contribution in [2.45, 2.75) is 6.92 Å². The summed E-state index contributed by atoms with van der Waals surface area (Å²) >= 11 is 0. The Labute approximate surface area is 128 Å². The van der Waals surface area contributed by atoms with Gasteiger partial charge in [-0.15, -0.1) is 0 Å². The van der Waals surface area contributed by atoms with Gasteiger partial charge in [-0.25, -0.2) is 9.18 Å². The van der Waals surface area contributed by atoms with Gasteiger partial charge in [0.25, 0.3) is 0 Å². The zero-order chi connectivity index (χ0) is 16.1. The Morgan fingerprint density at radius 2 is 1.59 bits per heavy atom. The summed E-state index contributed by atoms with van der Waals surface area (Å²) in [6.45, 7) is 1.84. The summed E-state index contributed by atoms with van der Waals surface area (Å²) < 4.78 is 23.2. The average molecular weight is 304 g/mol. The molecule has 0 saturated heterocycles. The summed E-state index contributed by atoms with van der Waals surface area (Å²) in [5.74, 6) is 0.747. The van der Waals surface area contributed by atoms with E-state index in [0.29, 0.717) is 22.9 Å². The maximum absolute atomic E-state index is 12.8. The molecule has 2 aromatic carbocycles. The fraction of sp³-hybridized carbons (Fsp3) is 0.188. The quantitative estimate of drug-likeness (QED) is 0.903. The molecule has 2 aromatic rings. The van der Waals surface area contributed by atoms with Crippen LogP contribution in [-0.4, -0.2) is 20.3 Å². The van der Waals surface area contributed by atoms with E-state index >= 15 is 0 Å². The number of hydrogen-bond donors (Lipinski definition) is 2. The number of aryl methyl sites for hydroxylation is 1. The highest BCUT2D eigenvalue weighted by Crippen LogP contribution is 2.32. The topological polar surface area (TPSA) is 59.6 Å². The van der Waals surface area contributed by atoms with E-state index < -0.39 is 6.03 Å². The molecule has 0 aromatic heterocycles. The Morgan fingerprint density at radius 3 is 2.18 bits per heavy atom. The number of carbonyl (C=O) groups is 1. The number of amides is 2. The van der Waals surface area contributed by atoms with Gasteiger partial charge in [-0.2, -0.15) is 0 Å². The number of benzene rings is 2. The highest BCUT2D eigenvalue weighted by molar-refractivity contribution is 6.00. The number of carbonyl (C=O) groups excluding carboxylic acids is 1. The van der Waals surface area contributed by atoms with E-state index in [4.69, 9.17) is 9.47 Å². The van der Waals surface area contributed by atoms with Crippen LogP contribution in [0.5, 0.6) is 11.5 Å². The third kappa shape index (κ3) is 3.66. The second-order valence-electron chi connectivity index (χ2n) is 4.61. The van der Waals surface area contributed by atoms with E-state index in [9.17, 15) is 9.18 Å². The molecule has 6 heteroatoms. The van der Waals surface area contributed by atoms with Crippen LogP contribution in [-0.2, 0) is 0 Å². The van der Waals surface area contributed by atoms with Crippen LogP contribution < -0.4 is 20.1 Å². The van der Waals surface area contributed by atoms with Gasteiger partial charge in [0, 0.05) is 17.4 Å². The Balaban J connectivity index is 2.12. The van der Waals surface area contributed by atoms with E-state index in [1.165, 1.54) is 31.4 Å². The highest BCUT2D eigenvalue weighted by Gasteiger charge is 2.11. The van der Waals surface area contributed by atoms with Crippen LogP contribution >= 0.6 is 0 Å². The molecule has 2 rings (SSSR count). The first kappa shape index (κ1) is 15.6. The van der Waals surface area contributed by atoms with Crippen molar-refractivity contribution in [1.29, 1.82) is 0 Å². The summed E-state index contributed by atoms with van der Waals surface area (Å²) in [5, 5.41) is 5.34. The number of methoxy groups -OCH3 is 2. The van der Waals surface area contributed by atoms with E-state index in [1.54, 1.807) is 19.2 Å². The molecule has 2 amide bonds. The number of halogens is 1. The molecule has 0 unspecified atom stereocenters. The van der Waals surface area contributed by atoms with E-state index in [1.807, 2.05) is 6.92 Å². The molecular weight excluding hydrogens is 287 g/mol. The second-order valence-corrected chi connectivity index (χ2v) is 4.61. The summed E-state index contributed by atoms with van der Waals surface area (Å²) in [7, 11) is 3.07. The minimum atomic E-state index is -0.429. The minimum Gasteiger partial charge on any atom is -0.493 e. The molecule has 0 saturated carbocycles. The van der Waals surface area contributed by atoms with Crippen molar-refractivity contribution in [3.8, 4) is 11.5 Å². The van der Waals surface area contributed by atoms with E-state index in [0.717, 1.165) is 5.56 Å². The van der Waals surface area contributed by atoms with Crippen LogP contribution in [0.4, 0.5) is 20.6 Å². The molecule has 0 bridgehead atoms. The molecule has 0 aliphatic rings. The monoisotopic (exact) mass is 304 g/mol. The predicted molar refractivity (Wildman–Crippen MR) is 83.3 cm³/mol. The number of anilines is 2. The van der Waals surface area contributed by atoms with E-state index in [-0.39, 0.29) is 5.82 Å². The SMILES string of the molecule is COc1cc(C)c(NC(=O)Nc2ccc(F)cc2)cc1OC. The lowest BCUT2D eigenvalue weighted by Crippen LogP contribution is -2.20. The summed E-state index contributed by atoms with van der Waals surface area (Å²) in [4.78, 5) is 12.0. The Bertz CT molecular complexity index is 672. The maximum Gasteiger partial charge on any atom is 0.323 e. The lowest BCUT2D eigenvalue weighted by atomic mass is 10.1. The second kappa shape index (κ2) is 6.80. The molecule has 5 nitrogen and oxygen atoms in total. The van der Waals surface area contributed by atoms with Crippen LogP contribution in [0.1, 0.15) is 5.56 Å². The van der Waals surface area contributed by atoms with Gasteiger partial charge < -0.3 is 20.1 Å². The van der Waals surface area contributed by atoms with Crippen molar-refractivity contribution in [2.75, 3.05) is 24.9 Å². The third-order valence-corrected chi connectivity index (χ3v) is 3.08. The molecule has 22 heavy (non-hydrogen) atoms. The predicted octanol–water partition coefficient (Wildman–Crippen LogP) is 3.80. The van der Waals surface area contributed by atoms with Gasteiger partial charge in [0.05, 0.1) is 14.2 Å². The fourth-order valence-corrected chi connectivity index (χ4v) is 1.93. The van der Waals surface area contributed by atoms with Crippen LogP contribution in [0, 0.1) is 12.7 Å². The molecule has 0 atom stereocenters. The Hall–Kier alpha value is -2.76. The average Bonchev–Trinajstić information content (AvgIpc) is 2.51. The minimum absolute atomic E-state index is 0.360. The molecular formula is C16H17FN2O3. The van der Waals surface area contributed by atoms with Crippen LogP contribution in [0.3, 0.4) is 0 Å². The Kier molecular flexibility index (Phi) is 4.83. The van der Waals surface area contributed by atoms with Crippen molar-refractivity contribution in [3.05, 3.63) is 47.8 Å². The van der Waals surface area contributed by atoms with Crippen LogP contribution in [0.2, 0.25) is 0 Å². The molecule has 0 heterocycles. The number of hydrogen-bond acceptors (Lipinski definition) is 3. The van der Waals surface area contributed by atoms with E-state index in [2.05, 4.69) is 10.6 Å². The summed E-state index contributed by atoms with van der Waals surface area (Å²) in [6, 6.07) is 8.54. The molecule has 0 fully saturated rings. The van der Waals surface area contributed by atoms with Gasteiger partial charge in [0.2, 0.25) is 0 Å². The normalized spacial score (nSPS) is 10.0. The van der Waals surface area contributed by atoms with Crippen molar-refractivity contribution in [2.24, 2.45) is 0 Å². The lowest BCUT2D eigenvalue weighted by Gasteiger charge is -2.14. The van der Waals surface area contributed by atoms with Crippen LogP contribution in [0.15, 0.2) is 36.4 Å². The van der Waals surface area contributed by atoms with Gasteiger partial charge in [-0.3, -0.25) is 0 Å². The number of urea groups is 1. The number of nitrogens with one attached hydrogen (secondary N) is 2. The maximum atomic E-state index is 12.8. The van der Waals surface area contributed by atoms with Crippen LogP contribution in [0.25, 0.3) is 0 Å². The molecule has 116 valence electrons. The first-order valence-corrected chi connectivity index (χ1v) is 6.59. The summed E-state index contributed by atoms with van der Waals surface area (Å²) in [6.07, 6.45) is 0. The van der Waals surface area contributed by atoms with Gasteiger partial charge in [0.1, 0.15) is 5.82 Å². The summed E-state index contributed by atoms with van der Waals surface area (Å²) in [5.41, 5.74) is 1.92. The van der Waals surface area contributed by atoms with Gasteiger partial charge in [0.15, 0.2) is 11.5 Å². The standard InChI is InChI=1S/C16H17FN2O3/c1-10-8-14(21-2)15(22-3)9-13(10)19-16(20)18-12-6-4-11(17)5-7-12/h4-9H,1-3H3,(H2,18,19,20). The first-order chi connectivity index (χ1) is 10.5. The molecule has 0 aliphatic heterocycles. The fourth-order valence-electron chi connectivity index (χ4n) is 1.93.